The maximum Gasteiger partial charge on any atom is 0.223 e. The molecule has 3 N–H and O–H groups in total. The average Bonchev–Trinajstić information content (AvgIpc) is 3.36. The number of aromatic nitrogens is 5. The molecular weight excluding hydrogens is 396 g/mol. The predicted molar refractivity (Wildman–Crippen MR) is 130 cm³/mol. The van der Waals surface area contributed by atoms with Gasteiger partial charge in [0.1, 0.15) is 5.65 Å². The Balaban J connectivity index is 1.34. The Morgan fingerprint density at radius 1 is 0.938 bits per heavy atom. The van der Waals surface area contributed by atoms with Crippen LogP contribution in [-0.4, -0.2) is 31.0 Å². The average molecular weight is 423 g/mol. The number of fused-ring (bicyclic) bond motifs is 2. The van der Waals surface area contributed by atoms with Crippen molar-refractivity contribution in [2.24, 2.45) is 0 Å². The SMILES string of the molecule is c1ccc2[nH]c(-c3cnc4[nH]cc(-c5ccnc(NC6CCCCCC6)n5)c4c3)cc2c1. The summed E-state index contributed by atoms with van der Waals surface area (Å²) >= 11 is 0. The van der Waals surface area contributed by atoms with Gasteiger partial charge in [0.2, 0.25) is 5.95 Å². The molecule has 1 fully saturated rings. The van der Waals surface area contributed by atoms with Crippen LogP contribution in [0.5, 0.6) is 0 Å². The van der Waals surface area contributed by atoms with Crippen LogP contribution in [0.3, 0.4) is 0 Å². The van der Waals surface area contributed by atoms with Gasteiger partial charge in [-0.25, -0.2) is 15.0 Å². The molecule has 0 radical (unpaired) electrons. The van der Waals surface area contributed by atoms with Gasteiger partial charge in [0, 0.05) is 57.7 Å². The third kappa shape index (κ3) is 3.62. The fourth-order valence-corrected chi connectivity index (χ4v) is 4.78. The summed E-state index contributed by atoms with van der Waals surface area (Å²) in [7, 11) is 0. The van der Waals surface area contributed by atoms with Crippen molar-refractivity contribution in [2.45, 2.75) is 44.6 Å². The first-order valence-electron chi connectivity index (χ1n) is 11.5. The smallest absolute Gasteiger partial charge is 0.223 e. The molecule has 4 aromatic heterocycles. The van der Waals surface area contributed by atoms with Crippen LogP contribution < -0.4 is 5.32 Å². The number of benzene rings is 1. The molecule has 6 nitrogen and oxygen atoms in total. The summed E-state index contributed by atoms with van der Waals surface area (Å²) in [6.45, 7) is 0. The molecule has 0 atom stereocenters. The number of pyridine rings is 1. The molecule has 0 saturated heterocycles. The van der Waals surface area contributed by atoms with Crippen molar-refractivity contribution < 1.29 is 0 Å². The number of nitrogens with zero attached hydrogens (tertiary/aromatic N) is 3. The van der Waals surface area contributed by atoms with E-state index in [-0.39, 0.29) is 0 Å². The quantitative estimate of drug-likeness (QED) is 0.297. The first-order valence-corrected chi connectivity index (χ1v) is 11.5. The summed E-state index contributed by atoms with van der Waals surface area (Å²) in [5.74, 6) is 0.712. The summed E-state index contributed by atoms with van der Waals surface area (Å²) in [4.78, 5) is 20.8. The fraction of sp³-hybridized carbons (Fsp3) is 0.269. The van der Waals surface area contributed by atoms with E-state index in [1.807, 2.05) is 30.7 Å². The topological polar surface area (TPSA) is 82.3 Å². The van der Waals surface area contributed by atoms with E-state index in [9.17, 15) is 0 Å². The number of rotatable bonds is 4. The maximum absolute atomic E-state index is 4.85. The first kappa shape index (κ1) is 19.0. The Labute approximate surface area is 186 Å². The molecule has 1 aromatic carbocycles. The van der Waals surface area contributed by atoms with E-state index in [0.29, 0.717) is 12.0 Å². The molecule has 0 aliphatic heterocycles. The van der Waals surface area contributed by atoms with E-state index in [1.165, 1.54) is 43.9 Å². The lowest BCUT2D eigenvalue weighted by Crippen LogP contribution is -2.19. The van der Waals surface area contributed by atoms with E-state index in [1.54, 1.807) is 0 Å². The minimum absolute atomic E-state index is 0.464. The highest BCUT2D eigenvalue weighted by atomic mass is 15.1. The van der Waals surface area contributed by atoms with E-state index in [2.05, 4.69) is 55.6 Å². The minimum Gasteiger partial charge on any atom is -0.354 e. The predicted octanol–water partition coefficient (Wildman–Crippen LogP) is 6.30. The number of para-hydroxylation sites is 1. The van der Waals surface area contributed by atoms with Crippen LogP contribution in [0.25, 0.3) is 44.5 Å². The summed E-state index contributed by atoms with van der Waals surface area (Å²) in [5, 5.41) is 5.82. The van der Waals surface area contributed by atoms with Gasteiger partial charge < -0.3 is 15.3 Å². The van der Waals surface area contributed by atoms with Gasteiger partial charge in [-0.3, -0.25) is 0 Å². The second-order valence-corrected chi connectivity index (χ2v) is 8.69. The summed E-state index contributed by atoms with van der Waals surface area (Å²) < 4.78 is 0. The van der Waals surface area contributed by atoms with Gasteiger partial charge in [0.25, 0.3) is 0 Å². The lowest BCUT2D eigenvalue weighted by Gasteiger charge is -2.16. The van der Waals surface area contributed by atoms with Gasteiger partial charge in [-0.05, 0) is 37.1 Å². The Hall–Kier alpha value is -3.67. The molecule has 32 heavy (non-hydrogen) atoms. The van der Waals surface area contributed by atoms with E-state index in [4.69, 9.17) is 4.98 Å². The Kier molecular flexibility index (Phi) is 4.83. The van der Waals surface area contributed by atoms with Crippen LogP contribution in [0.2, 0.25) is 0 Å². The summed E-state index contributed by atoms with van der Waals surface area (Å²) in [5.41, 5.74) is 6.04. The molecular formula is C26H26N6. The van der Waals surface area contributed by atoms with E-state index in [0.717, 1.165) is 39.1 Å². The standard InChI is InChI=1S/C26H26N6/c1-2-4-9-19(8-3-1)30-26-27-12-11-23(32-26)21-16-29-25-20(21)13-18(15-28-25)24-14-17-7-5-6-10-22(17)31-24/h5-7,10-16,19,31H,1-4,8-9H2,(H,28,29)(H,27,30,32). The zero-order valence-electron chi connectivity index (χ0n) is 17.9. The van der Waals surface area contributed by atoms with Gasteiger partial charge in [-0.2, -0.15) is 0 Å². The van der Waals surface area contributed by atoms with Crippen molar-refractivity contribution in [3.05, 3.63) is 61.1 Å². The van der Waals surface area contributed by atoms with Crippen molar-refractivity contribution in [1.29, 1.82) is 0 Å². The fourth-order valence-electron chi connectivity index (χ4n) is 4.78. The number of hydrogen-bond acceptors (Lipinski definition) is 4. The van der Waals surface area contributed by atoms with Crippen molar-refractivity contribution >= 4 is 27.9 Å². The molecule has 0 bridgehead atoms. The highest BCUT2D eigenvalue weighted by Gasteiger charge is 2.15. The van der Waals surface area contributed by atoms with E-state index < -0.39 is 0 Å². The van der Waals surface area contributed by atoms with Crippen molar-refractivity contribution in [3.8, 4) is 22.5 Å². The van der Waals surface area contributed by atoms with Crippen LogP contribution in [-0.2, 0) is 0 Å². The number of aromatic amines is 2. The van der Waals surface area contributed by atoms with Gasteiger partial charge in [0.05, 0.1) is 5.69 Å². The molecule has 1 aliphatic carbocycles. The number of anilines is 1. The second kappa shape index (κ2) is 8.11. The molecule has 0 unspecified atom stereocenters. The lowest BCUT2D eigenvalue weighted by molar-refractivity contribution is 0.615. The van der Waals surface area contributed by atoms with Crippen LogP contribution in [0.15, 0.2) is 61.1 Å². The molecule has 0 amide bonds. The molecule has 1 aliphatic rings. The monoisotopic (exact) mass is 422 g/mol. The zero-order chi connectivity index (χ0) is 21.3. The Bertz CT molecular complexity index is 1340. The van der Waals surface area contributed by atoms with Crippen LogP contribution >= 0.6 is 0 Å². The summed E-state index contributed by atoms with van der Waals surface area (Å²) in [6.07, 6.45) is 13.4. The molecule has 5 aromatic rings. The zero-order valence-corrected chi connectivity index (χ0v) is 17.9. The molecule has 0 spiro atoms. The highest BCUT2D eigenvalue weighted by molar-refractivity contribution is 5.95. The molecule has 1 saturated carbocycles. The van der Waals surface area contributed by atoms with Crippen LogP contribution in [0, 0.1) is 0 Å². The van der Waals surface area contributed by atoms with Crippen molar-refractivity contribution in [1.82, 2.24) is 24.9 Å². The van der Waals surface area contributed by atoms with Gasteiger partial charge >= 0.3 is 0 Å². The molecule has 4 heterocycles. The number of H-pyrrole nitrogens is 2. The second-order valence-electron chi connectivity index (χ2n) is 8.69. The molecule has 6 heteroatoms. The van der Waals surface area contributed by atoms with Crippen LogP contribution in [0.1, 0.15) is 38.5 Å². The normalized spacial score (nSPS) is 15.2. The highest BCUT2D eigenvalue weighted by Crippen LogP contribution is 2.31. The van der Waals surface area contributed by atoms with Gasteiger partial charge in [-0.1, -0.05) is 43.9 Å². The van der Waals surface area contributed by atoms with Gasteiger partial charge in [0.15, 0.2) is 0 Å². The molecule has 6 rings (SSSR count). The largest absolute Gasteiger partial charge is 0.354 e. The number of nitrogens with one attached hydrogen (secondary N) is 3. The summed E-state index contributed by atoms with van der Waals surface area (Å²) in [6, 6.07) is 15.1. The Morgan fingerprint density at radius 3 is 2.69 bits per heavy atom. The van der Waals surface area contributed by atoms with Crippen molar-refractivity contribution in [3.63, 3.8) is 0 Å². The first-order chi connectivity index (χ1) is 15.8. The third-order valence-electron chi connectivity index (χ3n) is 6.49. The minimum atomic E-state index is 0.464. The van der Waals surface area contributed by atoms with Gasteiger partial charge in [-0.15, -0.1) is 0 Å². The number of hydrogen-bond donors (Lipinski definition) is 3. The third-order valence-corrected chi connectivity index (χ3v) is 6.49. The van der Waals surface area contributed by atoms with Crippen LogP contribution in [0.4, 0.5) is 5.95 Å². The lowest BCUT2D eigenvalue weighted by atomic mass is 10.1. The van der Waals surface area contributed by atoms with Crippen molar-refractivity contribution in [2.75, 3.05) is 5.32 Å². The Morgan fingerprint density at radius 2 is 1.81 bits per heavy atom. The maximum atomic E-state index is 4.85. The van der Waals surface area contributed by atoms with E-state index >= 15 is 0 Å². The molecule has 160 valence electrons.